The molecular formula is C32H30Cl2N2O8S. The molecule has 236 valence electrons. The molecule has 13 heteroatoms. The first kappa shape index (κ1) is 33.4. The summed E-state index contributed by atoms with van der Waals surface area (Å²) < 4.78 is 30.3. The number of halogens is 2. The molecule has 0 bridgehead atoms. The van der Waals surface area contributed by atoms with E-state index in [2.05, 4.69) is 0 Å². The van der Waals surface area contributed by atoms with E-state index in [1.807, 2.05) is 0 Å². The predicted molar refractivity (Wildman–Crippen MR) is 173 cm³/mol. The summed E-state index contributed by atoms with van der Waals surface area (Å²) in [5.41, 5.74) is 0. The third-order valence-corrected chi connectivity index (χ3v) is 7.32. The highest BCUT2D eigenvalue weighted by atomic mass is 35.5. The Morgan fingerprint density at radius 2 is 0.978 bits per heavy atom. The van der Waals surface area contributed by atoms with Crippen LogP contribution in [0.1, 0.15) is 6.92 Å². The van der Waals surface area contributed by atoms with Crippen molar-refractivity contribution >= 4 is 47.5 Å². The van der Waals surface area contributed by atoms with Crippen LogP contribution in [-0.2, 0) is 4.74 Å². The smallest absolute Gasteiger partial charge is 0.421 e. The molecule has 10 nitrogen and oxygen atoms in total. The zero-order valence-corrected chi connectivity index (χ0v) is 26.5. The molecular weight excluding hydrogens is 643 g/mol. The first-order valence-corrected chi connectivity index (χ1v) is 15.2. The van der Waals surface area contributed by atoms with E-state index in [0.29, 0.717) is 56.7 Å². The summed E-state index contributed by atoms with van der Waals surface area (Å²) in [5, 5.41) is 11.0. The molecule has 1 N–H and O–H groups in total. The van der Waals surface area contributed by atoms with E-state index in [9.17, 15) is 14.7 Å². The van der Waals surface area contributed by atoms with E-state index in [-0.39, 0.29) is 32.9 Å². The van der Waals surface area contributed by atoms with Crippen LogP contribution in [0, 0.1) is 0 Å². The fraction of sp³-hybridized carbons (Fsp3) is 0.188. The van der Waals surface area contributed by atoms with Crippen LogP contribution >= 0.6 is 35.3 Å². The van der Waals surface area contributed by atoms with E-state index in [4.69, 9.17) is 46.9 Å². The number of rotatable bonds is 15. The Balaban J connectivity index is 1.25. The molecule has 4 aromatic carbocycles. The van der Waals surface area contributed by atoms with Crippen molar-refractivity contribution in [3.05, 3.63) is 107 Å². The van der Waals surface area contributed by atoms with E-state index in [0.717, 1.165) is 4.31 Å². The summed E-state index contributed by atoms with van der Waals surface area (Å²) >= 11 is 12.5. The molecule has 4 rings (SSSR count). The van der Waals surface area contributed by atoms with Crippen LogP contribution in [0.5, 0.6) is 34.5 Å². The van der Waals surface area contributed by atoms with Gasteiger partial charge in [0.2, 0.25) is 0 Å². The van der Waals surface area contributed by atoms with Crippen LogP contribution in [0.2, 0.25) is 10.0 Å². The van der Waals surface area contributed by atoms with Gasteiger partial charge in [-0.2, -0.15) is 0 Å². The van der Waals surface area contributed by atoms with Gasteiger partial charge in [-0.25, -0.2) is 18.2 Å². The molecule has 0 aliphatic rings. The zero-order chi connectivity index (χ0) is 32.0. The molecule has 0 radical (unpaired) electrons. The maximum atomic E-state index is 12.6. The monoisotopic (exact) mass is 672 g/mol. The van der Waals surface area contributed by atoms with Gasteiger partial charge in [-0.1, -0.05) is 23.2 Å². The van der Waals surface area contributed by atoms with Crippen LogP contribution < -0.4 is 18.9 Å². The number of benzene rings is 4. The second-order valence-corrected chi connectivity index (χ2v) is 10.9. The third-order valence-electron chi connectivity index (χ3n) is 5.75. The molecule has 0 aliphatic heterocycles. The molecule has 2 amide bonds. The maximum Gasteiger partial charge on any atom is 0.421 e. The largest absolute Gasteiger partial charge is 0.492 e. The lowest BCUT2D eigenvalue weighted by Crippen LogP contribution is -2.37. The molecule has 0 aromatic heterocycles. The average Bonchev–Trinajstić information content (AvgIpc) is 3.03. The Bertz CT molecular complexity index is 1510. The molecule has 0 saturated heterocycles. The lowest BCUT2D eigenvalue weighted by atomic mass is 10.3. The fourth-order valence-electron chi connectivity index (χ4n) is 3.63. The summed E-state index contributed by atoms with van der Waals surface area (Å²) in [6, 6.07) is 27.8. The van der Waals surface area contributed by atoms with Crippen molar-refractivity contribution in [2.24, 2.45) is 0 Å². The predicted octanol–water partition coefficient (Wildman–Crippen LogP) is 9.04. The Morgan fingerprint density at radius 1 is 0.622 bits per heavy atom. The van der Waals surface area contributed by atoms with Gasteiger partial charge in [-0.15, -0.1) is 0 Å². The highest BCUT2D eigenvalue weighted by Crippen LogP contribution is 2.27. The van der Waals surface area contributed by atoms with E-state index >= 15 is 0 Å². The SMILES string of the molecule is CCOC(=O)N(CCOc1ccc(Oc2ccc(Cl)cc2)cc1)SN(CCOc1ccc(Oc2ccc(Cl)cc2)cc1)C(=O)O. The number of carbonyl (C=O) groups is 2. The zero-order valence-electron chi connectivity index (χ0n) is 24.1. The topological polar surface area (TPSA) is 107 Å². The van der Waals surface area contributed by atoms with Crippen molar-refractivity contribution < 1.29 is 38.4 Å². The van der Waals surface area contributed by atoms with Crippen LogP contribution in [0.25, 0.3) is 0 Å². The number of carbonyl (C=O) groups excluding carboxylic acids is 1. The quantitative estimate of drug-likeness (QED) is 0.124. The van der Waals surface area contributed by atoms with Gasteiger partial charge >= 0.3 is 12.2 Å². The second kappa shape index (κ2) is 17.1. The first-order valence-electron chi connectivity index (χ1n) is 13.7. The molecule has 0 aliphatic carbocycles. The summed E-state index contributed by atoms with van der Waals surface area (Å²) in [6.07, 6.45) is -1.94. The van der Waals surface area contributed by atoms with Crippen molar-refractivity contribution in [1.29, 1.82) is 0 Å². The van der Waals surface area contributed by atoms with Gasteiger partial charge in [0.25, 0.3) is 0 Å². The van der Waals surface area contributed by atoms with Crippen molar-refractivity contribution in [3.8, 4) is 34.5 Å². The molecule has 0 heterocycles. The summed E-state index contributed by atoms with van der Waals surface area (Å²) in [5.74, 6) is 3.55. The molecule has 0 fully saturated rings. The van der Waals surface area contributed by atoms with Gasteiger partial charge in [0.1, 0.15) is 47.7 Å². The Labute approximate surface area is 275 Å². The number of ether oxygens (including phenoxy) is 5. The van der Waals surface area contributed by atoms with Gasteiger partial charge < -0.3 is 28.8 Å². The third kappa shape index (κ3) is 11.2. The van der Waals surface area contributed by atoms with Gasteiger partial charge in [-0.05, 0) is 104 Å². The highest BCUT2D eigenvalue weighted by Gasteiger charge is 2.23. The van der Waals surface area contributed by atoms with Gasteiger partial charge in [0, 0.05) is 10.0 Å². The molecule has 0 atom stereocenters. The lowest BCUT2D eigenvalue weighted by Gasteiger charge is -2.26. The van der Waals surface area contributed by atoms with Crippen LogP contribution in [0.4, 0.5) is 9.59 Å². The Hall–Kier alpha value is -4.45. The number of amides is 2. The summed E-state index contributed by atoms with van der Waals surface area (Å²) in [7, 11) is 0. The number of hydrogen-bond donors (Lipinski definition) is 1. The number of hydrogen-bond acceptors (Lipinski definition) is 8. The lowest BCUT2D eigenvalue weighted by molar-refractivity contribution is 0.127. The minimum absolute atomic E-state index is 0.0329. The fourth-order valence-corrected chi connectivity index (χ4v) is 4.62. The summed E-state index contributed by atoms with van der Waals surface area (Å²) in [6.45, 7) is 1.92. The standard InChI is InChI=1S/C32H30Cl2N2O8S/c1-2-40-32(39)36(20-22-42-26-13-17-30(18-14-26)44-28-9-5-24(34)6-10-28)45-35(31(37)38)19-21-41-25-11-15-29(16-12-25)43-27-7-3-23(33)4-8-27/h3-18H,2,19-22H2,1H3,(H,37,38). The maximum absolute atomic E-state index is 12.6. The second-order valence-electron chi connectivity index (χ2n) is 9.02. The number of nitrogens with zero attached hydrogens (tertiary/aromatic N) is 2. The van der Waals surface area contributed by atoms with Crippen molar-refractivity contribution in [2.45, 2.75) is 6.92 Å². The first-order chi connectivity index (χ1) is 21.8. The minimum atomic E-state index is -1.25. The Morgan fingerprint density at radius 3 is 1.36 bits per heavy atom. The minimum Gasteiger partial charge on any atom is -0.492 e. The van der Waals surface area contributed by atoms with Crippen molar-refractivity contribution in [1.82, 2.24) is 8.61 Å². The number of carboxylic acid groups (broad SMARTS) is 1. The van der Waals surface area contributed by atoms with E-state index < -0.39 is 12.2 Å². The van der Waals surface area contributed by atoms with Crippen LogP contribution in [0.3, 0.4) is 0 Å². The molecule has 45 heavy (non-hydrogen) atoms. The average molecular weight is 674 g/mol. The van der Waals surface area contributed by atoms with Crippen molar-refractivity contribution in [3.63, 3.8) is 0 Å². The van der Waals surface area contributed by atoms with Gasteiger partial charge in [-0.3, -0.25) is 0 Å². The molecule has 4 aromatic rings. The Kier molecular flexibility index (Phi) is 12.7. The molecule has 0 spiro atoms. The van der Waals surface area contributed by atoms with Gasteiger partial charge in [0.15, 0.2) is 0 Å². The van der Waals surface area contributed by atoms with Crippen molar-refractivity contribution in [2.75, 3.05) is 32.9 Å². The van der Waals surface area contributed by atoms with E-state index in [1.165, 1.54) is 4.31 Å². The summed E-state index contributed by atoms with van der Waals surface area (Å²) in [4.78, 5) is 24.6. The highest BCUT2D eigenvalue weighted by molar-refractivity contribution is 7.95. The van der Waals surface area contributed by atoms with Crippen LogP contribution in [0.15, 0.2) is 97.1 Å². The van der Waals surface area contributed by atoms with Crippen LogP contribution in [-0.4, -0.2) is 58.8 Å². The van der Waals surface area contributed by atoms with Gasteiger partial charge in [0.05, 0.1) is 31.8 Å². The molecule has 0 unspecified atom stereocenters. The van der Waals surface area contributed by atoms with E-state index in [1.54, 1.807) is 104 Å². The normalized spacial score (nSPS) is 10.5. The molecule has 0 saturated carbocycles.